The highest BCUT2D eigenvalue weighted by Crippen LogP contribution is 2.26. The summed E-state index contributed by atoms with van der Waals surface area (Å²) in [5.41, 5.74) is 2.85. The summed E-state index contributed by atoms with van der Waals surface area (Å²) in [5.74, 6) is 0.172. The molecule has 0 spiro atoms. The van der Waals surface area contributed by atoms with Gasteiger partial charge in [0.2, 0.25) is 0 Å². The zero-order chi connectivity index (χ0) is 13.0. The second kappa shape index (κ2) is 5.69. The number of nitrogens with zero attached hydrogens (tertiary/aromatic N) is 1. The van der Waals surface area contributed by atoms with E-state index in [2.05, 4.69) is 9.98 Å². The average molecular weight is 246 g/mol. The van der Waals surface area contributed by atoms with Crippen LogP contribution in [0.3, 0.4) is 0 Å². The minimum atomic E-state index is 0.172. The highest BCUT2D eigenvalue weighted by Gasteiger charge is 2.08. The number of methoxy groups -OCH3 is 1. The van der Waals surface area contributed by atoms with E-state index in [0.717, 1.165) is 28.5 Å². The largest absolute Gasteiger partial charge is 0.494 e. The first-order valence-electron chi connectivity index (χ1n) is 6.02. The normalized spacial score (nSPS) is 11.7. The fourth-order valence-electron chi connectivity index (χ4n) is 1.91. The Morgan fingerprint density at radius 1 is 1.44 bits per heavy atom. The molecule has 0 fully saturated rings. The first-order chi connectivity index (χ1) is 8.72. The van der Waals surface area contributed by atoms with Crippen LogP contribution in [0.25, 0.3) is 10.9 Å². The second-order valence-corrected chi connectivity index (χ2v) is 4.32. The molecule has 0 atom stereocenters. The number of ether oxygens (including phenoxy) is 1. The molecule has 1 aromatic heterocycles. The Labute approximate surface area is 106 Å². The number of aromatic nitrogens is 1. The van der Waals surface area contributed by atoms with Crippen molar-refractivity contribution in [3.63, 3.8) is 0 Å². The van der Waals surface area contributed by atoms with E-state index >= 15 is 0 Å². The summed E-state index contributed by atoms with van der Waals surface area (Å²) in [6.45, 7) is 3.43. The molecule has 1 heterocycles. The van der Waals surface area contributed by atoms with Crippen molar-refractivity contribution in [1.82, 2.24) is 4.98 Å². The third-order valence-corrected chi connectivity index (χ3v) is 2.83. The molecule has 4 heteroatoms. The van der Waals surface area contributed by atoms with Crippen LogP contribution in [-0.4, -0.2) is 36.6 Å². The van der Waals surface area contributed by atoms with Gasteiger partial charge in [-0.25, -0.2) is 0 Å². The molecule has 4 nitrogen and oxygen atoms in total. The molecule has 0 aliphatic rings. The molecule has 96 valence electrons. The maximum Gasteiger partial charge on any atom is 0.198 e. The number of nitrogens with one attached hydrogen (secondary N) is 1. The number of hydrogen-bond donors (Lipinski definition) is 2. The van der Waals surface area contributed by atoms with Crippen molar-refractivity contribution in [2.45, 2.75) is 13.3 Å². The number of aromatic amines is 1. The van der Waals surface area contributed by atoms with Crippen molar-refractivity contribution in [3.8, 4) is 5.88 Å². The van der Waals surface area contributed by atoms with Crippen molar-refractivity contribution < 1.29 is 9.84 Å². The first kappa shape index (κ1) is 12.6. The maximum atomic E-state index is 9.86. The highest BCUT2D eigenvalue weighted by molar-refractivity contribution is 6.02. The van der Waals surface area contributed by atoms with E-state index in [1.807, 2.05) is 25.1 Å². The van der Waals surface area contributed by atoms with E-state index in [1.165, 1.54) is 0 Å². The first-order valence-corrected chi connectivity index (χ1v) is 6.02. The van der Waals surface area contributed by atoms with Gasteiger partial charge in [-0.1, -0.05) is 12.1 Å². The Kier molecular flexibility index (Phi) is 3.99. The molecule has 0 aliphatic carbocycles. The monoisotopic (exact) mass is 246 g/mol. The van der Waals surface area contributed by atoms with Crippen molar-refractivity contribution in [1.29, 1.82) is 0 Å². The van der Waals surface area contributed by atoms with Gasteiger partial charge in [-0.05, 0) is 25.0 Å². The van der Waals surface area contributed by atoms with Gasteiger partial charge in [0.25, 0.3) is 0 Å². The van der Waals surface area contributed by atoms with Gasteiger partial charge < -0.3 is 14.8 Å². The molecular formula is C14H18N2O2. The molecule has 0 saturated carbocycles. The lowest BCUT2D eigenvalue weighted by atomic mass is 10.1. The Balaban J connectivity index is 2.19. The van der Waals surface area contributed by atoms with Crippen molar-refractivity contribution in [2.24, 2.45) is 4.99 Å². The van der Waals surface area contributed by atoms with Crippen LogP contribution in [0, 0.1) is 6.92 Å². The summed E-state index contributed by atoms with van der Waals surface area (Å²) in [7, 11) is 1.68. The lowest BCUT2D eigenvalue weighted by molar-refractivity contribution is 0.197. The lowest BCUT2D eigenvalue weighted by Gasteiger charge is -1.95. The molecule has 0 bridgehead atoms. The molecule has 2 N–H and O–H groups in total. The fraction of sp³-hybridized carbons (Fsp3) is 0.357. The van der Waals surface area contributed by atoms with Crippen molar-refractivity contribution >= 4 is 17.1 Å². The van der Waals surface area contributed by atoms with E-state index in [4.69, 9.17) is 4.74 Å². The smallest absolute Gasteiger partial charge is 0.198 e. The molecule has 1 aromatic carbocycles. The van der Waals surface area contributed by atoms with Gasteiger partial charge in [-0.3, -0.25) is 4.99 Å². The number of H-pyrrole nitrogens is 1. The van der Waals surface area contributed by atoms with Crippen LogP contribution in [0.1, 0.15) is 17.5 Å². The van der Waals surface area contributed by atoms with Gasteiger partial charge in [-0.15, -0.1) is 0 Å². The third-order valence-electron chi connectivity index (χ3n) is 2.83. The molecule has 0 amide bonds. The summed E-state index contributed by atoms with van der Waals surface area (Å²) < 4.78 is 4.96. The quantitative estimate of drug-likeness (QED) is 0.629. The molecule has 0 saturated heterocycles. The van der Waals surface area contributed by atoms with Gasteiger partial charge in [-0.2, -0.15) is 0 Å². The summed E-state index contributed by atoms with van der Waals surface area (Å²) in [5, 5.41) is 10.9. The standard InChI is InChI=1S/C14H18N2O2/c1-10-4-5-11-12(9-15-6-3-7-18-2)14(17)16-13(11)8-10/h4-5,8-9,16-17H,3,6-7H2,1-2H3. The van der Waals surface area contributed by atoms with Gasteiger partial charge in [0.05, 0.1) is 5.56 Å². The van der Waals surface area contributed by atoms with Crippen LogP contribution in [-0.2, 0) is 4.74 Å². The lowest BCUT2D eigenvalue weighted by Crippen LogP contribution is -1.91. The number of benzene rings is 1. The predicted octanol–water partition coefficient (Wildman–Crippen LogP) is 2.64. The van der Waals surface area contributed by atoms with E-state index in [1.54, 1.807) is 13.3 Å². The van der Waals surface area contributed by atoms with E-state index in [0.29, 0.717) is 13.2 Å². The van der Waals surface area contributed by atoms with Crippen molar-refractivity contribution in [3.05, 3.63) is 29.3 Å². The number of hydrogen-bond acceptors (Lipinski definition) is 3. The number of aryl methyl sites for hydroxylation is 1. The Bertz CT molecular complexity index is 558. The Morgan fingerprint density at radius 2 is 2.28 bits per heavy atom. The maximum absolute atomic E-state index is 9.86. The van der Waals surface area contributed by atoms with Crippen LogP contribution >= 0.6 is 0 Å². The molecular weight excluding hydrogens is 228 g/mol. The van der Waals surface area contributed by atoms with Crippen LogP contribution in [0.2, 0.25) is 0 Å². The Morgan fingerprint density at radius 3 is 3.06 bits per heavy atom. The minimum absolute atomic E-state index is 0.172. The topological polar surface area (TPSA) is 57.6 Å². The highest BCUT2D eigenvalue weighted by atomic mass is 16.5. The molecule has 0 aliphatic heterocycles. The molecule has 2 aromatic rings. The van der Waals surface area contributed by atoms with Gasteiger partial charge in [0.15, 0.2) is 5.88 Å². The third kappa shape index (κ3) is 2.71. The van der Waals surface area contributed by atoms with E-state index in [9.17, 15) is 5.11 Å². The molecule has 2 rings (SSSR count). The number of aromatic hydroxyl groups is 1. The van der Waals surface area contributed by atoms with Crippen LogP contribution < -0.4 is 0 Å². The zero-order valence-corrected chi connectivity index (χ0v) is 10.7. The van der Waals surface area contributed by atoms with Crippen LogP contribution in [0.15, 0.2) is 23.2 Å². The molecule has 0 unspecified atom stereocenters. The number of rotatable bonds is 5. The summed E-state index contributed by atoms with van der Waals surface area (Å²) in [6, 6.07) is 6.03. The second-order valence-electron chi connectivity index (χ2n) is 4.32. The van der Waals surface area contributed by atoms with Gasteiger partial charge >= 0.3 is 0 Å². The summed E-state index contributed by atoms with van der Waals surface area (Å²) in [6.07, 6.45) is 2.61. The van der Waals surface area contributed by atoms with Crippen LogP contribution in [0.5, 0.6) is 5.88 Å². The molecule has 18 heavy (non-hydrogen) atoms. The van der Waals surface area contributed by atoms with Gasteiger partial charge in [0.1, 0.15) is 0 Å². The number of fused-ring (bicyclic) bond motifs is 1. The van der Waals surface area contributed by atoms with Gasteiger partial charge in [0, 0.05) is 37.4 Å². The van der Waals surface area contributed by atoms with Crippen LogP contribution in [0.4, 0.5) is 0 Å². The van der Waals surface area contributed by atoms with Crippen molar-refractivity contribution in [2.75, 3.05) is 20.3 Å². The van der Waals surface area contributed by atoms with E-state index in [-0.39, 0.29) is 5.88 Å². The molecule has 0 radical (unpaired) electrons. The predicted molar refractivity (Wildman–Crippen MR) is 73.7 cm³/mol. The van der Waals surface area contributed by atoms with E-state index < -0.39 is 0 Å². The summed E-state index contributed by atoms with van der Waals surface area (Å²) in [4.78, 5) is 7.26. The fourth-order valence-corrected chi connectivity index (χ4v) is 1.91. The Hall–Kier alpha value is -1.81. The SMILES string of the molecule is COCCCN=Cc1c(O)[nH]c2cc(C)ccc12. The summed E-state index contributed by atoms with van der Waals surface area (Å²) >= 11 is 0. The number of aliphatic imine (C=N–C) groups is 1. The zero-order valence-electron chi connectivity index (χ0n) is 10.7. The minimum Gasteiger partial charge on any atom is -0.494 e. The average Bonchev–Trinajstić information content (AvgIpc) is 2.64.